The second kappa shape index (κ2) is 5.18. The Balaban J connectivity index is 1.90. The summed E-state index contributed by atoms with van der Waals surface area (Å²) < 4.78 is 39.4. The summed E-state index contributed by atoms with van der Waals surface area (Å²) >= 11 is 0. The van der Waals surface area contributed by atoms with Gasteiger partial charge in [-0.25, -0.2) is 4.79 Å². The van der Waals surface area contributed by atoms with Crippen LogP contribution in [0.3, 0.4) is 0 Å². The van der Waals surface area contributed by atoms with Crippen molar-refractivity contribution in [2.75, 3.05) is 0 Å². The van der Waals surface area contributed by atoms with Crippen LogP contribution in [0.25, 0.3) is 0 Å². The number of rotatable bonds is 2. The maximum absolute atomic E-state index is 12.9. The van der Waals surface area contributed by atoms with Crippen LogP contribution in [0.4, 0.5) is 13.2 Å². The molecule has 0 saturated heterocycles. The van der Waals surface area contributed by atoms with Crippen LogP contribution in [-0.2, 0) is 18.1 Å². The number of carbonyl (C=O) groups excluding carboxylic acids is 3. The van der Waals surface area contributed by atoms with E-state index in [4.69, 9.17) is 0 Å². The largest absolute Gasteiger partial charge is 0.436 e. The van der Waals surface area contributed by atoms with Crippen LogP contribution in [0.2, 0.25) is 0 Å². The van der Waals surface area contributed by atoms with E-state index in [0.29, 0.717) is 0 Å². The van der Waals surface area contributed by atoms with Crippen molar-refractivity contribution in [2.24, 2.45) is 7.05 Å². The quantitative estimate of drug-likeness (QED) is 0.780. The van der Waals surface area contributed by atoms with Crippen molar-refractivity contribution in [3.8, 4) is 0 Å². The summed E-state index contributed by atoms with van der Waals surface area (Å²) in [6.07, 6.45) is -4.10. The van der Waals surface area contributed by atoms with Gasteiger partial charge in [-0.05, 0) is 12.1 Å². The zero-order valence-electron chi connectivity index (χ0n) is 12.0. The van der Waals surface area contributed by atoms with Crippen molar-refractivity contribution in [1.29, 1.82) is 0 Å². The fourth-order valence-corrected chi connectivity index (χ4v) is 2.23. The van der Waals surface area contributed by atoms with Gasteiger partial charge in [0.05, 0.1) is 11.1 Å². The molecule has 0 bridgehead atoms. The molecule has 124 valence electrons. The Kier molecular flexibility index (Phi) is 3.39. The van der Waals surface area contributed by atoms with Crippen LogP contribution in [-0.4, -0.2) is 32.6 Å². The van der Waals surface area contributed by atoms with Crippen LogP contribution in [0.1, 0.15) is 36.8 Å². The van der Waals surface area contributed by atoms with Gasteiger partial charge in [-0.3, -0.25) is 14.3 Å². The molecule has 0 radical (unpaired) electrons. The Morgan fingerprint density at radius 1 is 1.12 bits per heavy atom. The Morgan fingerprint density at radius 3 is 2.17 bits per heavy atom. The van der Waals surface area contributed by atoms with Gasteiger partial charge in [0, 0.05) is 13.2 Å². The molecule has 0 N–H and O–H groups in total. The minimum atomic E-state index is -4.89. The standard InChI is InChI=1S/C14H8F3N3O4/c1-19-6-9(10(18-19)14(15,16)17)13(23)24-20-11(21)7-4-2-3-5-8(7)12(20)22/h2-6H,1H3. The predicted molar refractivity (Wildman–Crippen MR) is 70.6 cm³/mol. The second-order valence-electron chi connectivity index (χ2n) is 4.89. The van der Waals surface area contributed by atoms with Gasteiger partial charge in [0.25, 0.3) is 11.8 Å². The van der Waals surface area contributed by atoms with Gasteiger partial charge < -0.3 is 4.84 Å². The van der Waals surface area contributed by atoms with E-state index in [1.165, 1.54) is 31.3 Å². The lowest BCUT2D eigenvalue weighted by Gasteiger charge is -2.12. The number of hydroxylamine groups is 2. The van der Waals surface area contributed by atoms with Gasteiger partial charge in [0.1, 0.15) is 5.56 Å². The molecule has 1 aliphatic heterocycles. The van der Waals surface area contributed by atoms with Crippen molar-refractivity contribution < 1.29 is 32.4 Å². The van der Waals surface area contributed by atoms with Crippen LogP contribution in [0.15, 0.2) is 30.5 Å². The van der Waals surface area contributed by atoms with E-state index < -0.39 is 35.2 Å². The molecule has 0 spiro atoms. The summed E-state index contributed by atoms with van der Waals surface area (Å²) in [6, 6.07) is 5.68. The lowest BCUT2D eigenvalue weighted by molar-refractivity contribution is -0.142. The first-order valence-electron chi connectivity index (χ1n) is 6.51. The number of imide groups is 1. The molecule has 0 unspecified atom stereocenters. The number of fused-ring (bicyclic) bond motifs is 1. The van der Waals surface area contributed by atoms with Gasteiger partial charge >= 0.3 is 12.1 Å². The number of hydrogen-bond acceptors (Lipinski definition) is 5. The molecule has 0 aliphatic carbocycles. The molecule has 2 heterocycles. The van der Waals surface area contributed by atoms with Crippen molar-refractivity contribution in [3.05, 3.63) is 52.8 Å². The maximum atomic E-state index is 12.9. The third-order valence-corrected chi connectivity index (χ3v) is 3.25. The SMILES string of the molecule is Cn1cc(C(=O)ON2C(=O)c3ccccc3C2=O)c(C(F)(F)F)n1. The van der Waals surface area contributed by atoms with E-state index in [-0.39, 0.29) is 16.2 Å². The predicted octanol–water partition coefficient (Wildman–Crippen LogP) is 1.81. The lowest BCUT2D eigenvalue weighted by atomic mass is 10.1. The smallest absolute Gasteiger partial charge is 0.324 e. The molecule has 1 aromatic heterocycles. The first kappa shape index (κ1) is 15.7. The van der Waals surface area contributed by atoms with Gasteiger partial charge in [-0.1, -0.05) is 17.2 Å². The molecule has 2 amide bonds. The lowest BCUT2D eigenvalue weighted by Crippen LogP contribution is -2.33. The van der Waals surface area contributed by atoms with Crippen LogP contribution < -0.4 is 0 Å². The number of halogens is 3. The van der Waals surface area contributed by atoms with Crippen molar-refractivity contribution in [2.45, 2.75) is 6.18 Å². The molecule has 0 atom stereocenters. The van der Waals surface area contributed by atoms with E-state index >= 15 is 0 Å². The summed E-state index contributed by atoms with van der Waals surface area (Å²) in [7, 11) is 1.19. The molecule has 2 aromatic rings. The summed E-state index contributed by atoms with van der Waals surface area (Å²) in [4.78, 5) is 40.7. The topological polar surface area (TPSA) is 81.5 Å². The molecule has 0 saturated carbocycles. The molecule has 7 nitrogen and oxygen atoms in total. The first-order chi connectivity index (χ1) is 11.2. The third kappa shape index (κ3) is 2.41. The summed E-state index contributed by atoms with van der Waals surface area (Å²) in [5, 5.41) is 3.30. The number of aryl methyl sites for hydroxylation is 1. The van der Waals surface area contributed by atoms with Crippen LogP contribution >= 0.6 is 0 Å². The molecule has 3 rings (SSSR count). The highest BCUT2D eigenvalue weighted by molar-refractivity contribution is 6.21. The zero-order chi connectivity index (χ0) is 17.6. The van der Waals surface area contributed by atoms with Gasteiger partial charge in [-0.15, -0.1) is 0 Å². The highest BCUT2D eigenvalue weighted by Gasteiger charge is 2.43. The summed E-state index contributed by atoms with van der Waals surface area (Å²) in [5.74, 6) is -3.37. The number of nitrogens with zero attached hydrogens (tertiary/aromatic N) is 3. The molecular formula is C14H8F3N3O4. The number of hydrogen-bond donors (Lipinski definition) is 0. The number of amides is 2. The minimum Gasteiger partial charge on any atom is -0.324 e. The van der Waals surface area contributed by atoms with Crippen LogP contribution in [0, 0.1) is 0 Å². The van der Waals surface area contributed by atoms with Crippen molar-refractivity contribution in [3.63, 3.8) is 0 Å². The fourth-order valence-electron chi connectivity index (χ4n) is 2.23. The highest BCUT2D eigenvalue weighted by Crippen LogP contribution is 2.31. The van der Waals surface area contributed by atoms with E-state index in [1.807, 2.05) is 0 Å². The molecule has 0 fully saturated rings. The van der Waals surface area contributed by atoms with Gasteiger partial charge in [-0.2, -0.15) is 18.3 Å². The van der Waals surface area contributed by atoms with Gasteiger partial charge in [0.15, 0.2) is 5.69 Å². The van der Waals surface area contributed by atoms with Crippen LogP contribution in [0.5, 0.6) is 0 Å². The molecular weight excluding hydrogens is 331 g/mol. The van der Waals surface area contributed by atoms with E-state index in [9.17, 15) is 27.6 Å². The normalized spacial score (nSPS) is 14.1. The molecule has 1 aliphatic rings. The van der Waals surface area contributed by atoms with E-state index in [1.54, 1.807) is 0 Å². The highest BCUT2D eigenvalue weighted by atomic mass is 19.4. The second-order valence-corrected chi connectivity index (χ2v) is 4.89. The fraction of sp³-hybridized carbons (Fsp3) is 0.143. The molecule has 10 heteroatoms. The Morgan fingerprint density at radius 2 is 1.67 bits per heavy atom. The summed E-state index contributed by atoms with van der Waals surface area (Å²) in [6.45, 7) is 0. The monoisotopic (exact) mass is 339 g/mol. The average Bonchev–Trinajstić information content (AvgIpc) is 3.02. The average molecular weight is 339 g/mol. The van der Waals surface area contributed by atoms with E-state index in [0.717, 1.165) is 10.9 Å². The number of aromatic nitrogens is 2. The summed E-state index contributed by atoms with van der Waals surface area (Å²) in [5.41, 5.74) is -2.37. The minimum absolute atomic E-state index is 0.00229. The Labute approximate surface area is 132 Å². The number of carbonyl (C=O) groups is 3. The first-order valence-corrected chi connectivity index (χ1v) is 6.51. The van der Waals surface area contributed by atoms with Crippen molar-refractivity contribution >= 4 is 17.8 Å². The number of alkyl halides is 3. The molecule has 24 heavy (non-hydrogen) atoms. The zero-order valence-corrected chi connectivity index (χ0v) is 12.0. The van der Waals surface area contributed by atoms with Crippen molar-refractivity contribution in [1.82, 2.24) is 14.8 Å². The van der Waals surface area contributed by atoms with Gasteiger partial charge in [0.2, 0.25) is 0 Å². The van der Waals surface area contributed by atoms with E-state index in [2.05, 4.69) is 9.94 Å². The molecule has 1 aromatic carbocycles. The third-order valence-electron chi connectivity index (χ3n) is 3.25. The number of benzene rings is 1. The Bertz CT molecular complexity index is 837. The Hall–Kier alpha value is -3.17. The maximum Gasteiger partial charge on any atom is 0.436 e.